The second kappa shape index (κ2) is 8.50. The van der Waals surface area contributed by atoms with Gasteiger partial charge in [0.2, 0.25) is 5.91 Å². The molecular weight excluding hydrogens is 341 g/mol. The number of hydrogen-bond donors (Lipinski definition) is 1. The maximum atomic E-state index is 12.7. The van der Waals surface area contributed by atoms with Gasteiger partial charge in [0.05, 0.1) is 12.7 Å². The number of halogens is 3. The van der Waals surface area contributed by atoms with Crippen molar-refractivity contribution in [2.24, 2.45) is 0 Å². The van der Waals surface area contributed by atoms with Gasteiger partial charge in [-0.05, 0) is 25.8 Å². The quantitative estimate of drug-likeness (QED) is 0.596. The molecule has 1 N–H and O–H groups in total. The van der Waals surface area contributed by atoms with E-state index in [1.807, 2.05) is 0 Å². The van der Waals surface area contributed by atoms with E-state index in [0.29, 0.717) is 12.5 Å². The summed E-state index contributed by atoms with van der Waals surface area (Å²) in [7, 11) is 1.15. The summed E-state index contributed by atoms with van der Waals surface area (Å²) in [6.07, 6.45) is -1.75. The predicted molar refractivity (Wildman–Crippen MR) is 83.8 cm³/mol. The Hall–Kier alpha value is -2.58. The van der Waals surface area contributed by atoms with E-state index in [0.717, 1.165) is 23.9 Å². The van der Waals surface area contributed by atoms with Gasteiger partial charge in [-0.3, -0.25) is 9.59 Å². The van der Waals surface area contributed by atoms with Gasteiger partial charge >= 0.3 is 12.1 Å². The Kier molecular flexibility index (Phi) is 6.96. The fourth-order valence-corrected chi connectivity index (χ4v) is 2.14. The maximum Gasteiger partial charge on any atom is 0.416 e. The number of amides is 1. The number of nitrogens with zero attached hydrogens (tertiary/aromatic N) is 1. The number of ether oxygens (including phenoxy) is 1. The monoisotopic (exact) mass is 360 g/mol. The Labute approximate surface area is 142 Å². The molecule has 0 aliphatic rings. The van der Waals surface area contributed by atoms with Crippen LogP contribution in [0.4, 0.5) is 13.2 Å². The van der Waals surface area contributed by atoms with Gasteiger partial charge in [0.1, 0.15) is 12.1 Å². The first-order chi connectivity index (χ1) is 11.6. The molecule has 1 aromatic heterocycles. The van der Waals surface area contributed by atoms with E-state index in [1.165, 1.54) is 13.0 Å². The number of allylic oxidation sites excluding steroid dienone is 1. The van der Waals surface area contributed by atoms with Crippen molar-refractivity contribution < 1.29 is 27.5 Å². The molecule has 6 nitrogen and oxygen atoms in total. The SMILES string of the molecule is C=CCC[C@@H](C(=O)NC(C)C(=O)OC)n1ccc(C(F)(F)F)cc1=O. The summed E-state index contributed by atoms with van der Waals surface area (Å²) in [6.45, 7) is 4.91. The molecule has 0 aliphatic heterocycles. The number of nitrogens with one attached hydrogen (secondary N) is 1. The summed E-state index contributed by atoms with van der Waals surface area (Å²) in [5.41, 5.74) is -2.07. The topological polar surface area (TPSA) is 77.4 Å². The number of carbonyl (C=O) groups excluding carboxylic acids is 2. The van der Waals surface area contributed by atoms with Crippen molar-refractivity contribution in [1.82, 2.24) is 9.88 Å². The van der Waals surface area contributed by atoms with E-state index >= 15 is 0 Å². The molecule has 0 aliphatic carbocycles. The first-order valence-electron chi connectivity index (χ1n) is 7.40. The predicted octanol–water partition coefficient (Wildman–Crippen LogP) is 2.05. The standard InChI is InChI=1S/C16H19F3N2O4/c1-4-5-6-12(14(23)20-10(2)15(24)25-3)21-8-7-11(9-13(21)22)16(17,18)19/h4,7-10,12H,1,5-6H2,2-3H3,(H,20,23)/t10?,12-/m0/s1. The zero-order valence-electron chi connectivity index (χ0n) is 13.8. The van der Waals surface area contributed by atoms with Crippen LogP contribution in [0.5, 0.6) is 0 Å². The fraction of sp³-hybridized carbons (Fsp3) is 0.438. The molecule has 1 heterocycles. The van der Waals surface area contributed by atoms with Crippen molar-refractivity contribution in [2.45, 2.75) is 38.0 Å². The van der Waals surface area contributed by atoms with Crippen molar-refractivity contribution in [3.05, 3.63) is 46.9 Å². The summed E-state index contributed by atoms with van der Waals surface area (Å²) in [5, 5.41) is 2.38. The van der Waals surface area contributed by atoms with E-state index in [1.54, 1.807) is 0 Å². The number of alkyl halides is 3. The molecule has 1 amide bonds. The van der Waals surface area contributed by atoms with Gasteiger partial charge in [-0.2, -0.15) is 13.2 Å². The van der Waals surface area contributed by atoms with Crippen molar-refractivity contribution in [2.75, 3.05) is 7.11 Å². The summed E-state index contributed by atoms with van der Waals surface area (Å²) in [6, 6.07) is -0.897. The van der Waals surface area contributed by atoms with Crippen molar-refractivity contribution >= 4 is 11.9 Å². The van der Waals surface area contributed by atoms with Crippen LogP contribution in [-0.4, -0.2) is 29.6 Å². The molecule has 0 aromatic carbocycles. The molecule has 0 saturated heterocycles. The third-order valence-corrected chi connectivity index (χ3v) is 3.47. The number of methoxy groups -OCH3 is 1. The number of esters is 1. The highest BCUT2D eigenvalue weighted by molar-refractivity contribution is 5.86. The summed E-state index contributed by atoms with van der Waals surface area (Å²) < 4.78 is 43.4. The zero-order chi connectivity index (χ0) is 19.2. The Bertz CT molecular complexity index is 697. The van der Waals surface area contributed by atoms with Gasteiger partial charge in [0.15, 0.2) is 0 Å². The minimum Gasteiger partial charge on any atom is -0.467 e. The Morgan fingerprint density at radius 3 is 2.56 bits per heavy atom. The molecule has 1 aromatic rings. The van der Waals surface area contributed by atoms with E-state index in [2.05, 4.69) is 16.6 Å². The minimum atomic E-state index is -4.66. The fourth-order valence-electron chi connectivity index (χ4n) is 2.14. The highest BCUT2D eigenvalue weighted by Crippen LogP contribution is 2.28. The van der Waals surface area contributed by atoms with Gasteiger partial charge in [-0.15, -0.1) is 6.58 Å². The van der Waals surface area contributed by atoms with Crippen LogP contribution in [0.1, 0.15) is 31.4 Å². The third-order valence-electron chi connectivity index (χ3n) is 3.47. The number of carbonyl (C=O) groups is 2. The lowest BCUT2D eigenvalue weighted by molar-refractivity contribution is -0.145. The summed E-state index contributed by atoms with van der Waals surface area (Å²) in [5.74, 6) is -1.36. The lowest BCUT2D eigenvalue weighted by Gasteiger charge is -2.21. The molecule has 0 bridgehead atoms. The van der Waals surface area contributed by atoms with E-state index in [9.17, 15) is 27.6 Å². The molecule has 0 spiro atoms. The molecule has 9 heteroatoms. The number of rotatable bonds is 7. The average Bonchev–Trinajstić information content (AvgIpc) is 2.54. The molecule has 138 valence electrons. The lowest BCUT2D eigenvalue weighted by atomic mass is 10.1. The molecule has 0 radical (unpaired) electrons. The zero-order valence-corrected chi connectivity index (χ0v) is 13.8. The van der Waals surface area contributed by atoms with Crippen molar-refractivity contribution in [1.29, 1.82) is 0 Å². The van der Waals surface area contributed by atoms with E-state index in [-0.39, 0.29) is 6.42 Å². The van der Waals surface area contributed by atoms with Gasteiger partial charge in [-0.25, -0.2) is 4.79 Å². The normalized spacial score (nSPS) is 13.6. The second-order valence-electron chi connectivity index (χ2n) is 5.29. The first kappa shape index (κ1) is 20.5. The summed E-state index contributed by atoms with van der Waals surface area (Å²) in [4.78, 5) is 35.8. The van der Waals surface area contributed by atoms with Gasteiger partial charge in [0, 0.05) is 12.3 Å². The van der Waals surface area contributed by atoms with Crippen molar-refractivity contribution in [3.63, 3.8) is 0 Å². The van der Waals surface area contributed by atoms with Crippen LogP contribution in [0.15, 0.2) is 35.8 Å². The first-order valence-corrected chi connectivity index (χ1v) is 7.40. The molecular formula is C16H19F3N2O4. The third kappa shape index (κ3) is 5.47. The van der Waals surface area contributed by atoms with Crippen LogP contribution in [0.3, 0.4) is 0 Å². The van der Waals surface area contributed by atoms with Gasteiger partial charge < -0.3 is 14.6 Å². The van der Waals surface area contributed by atoms with Gasteiger partial charge in [-0.1, -0.05) is 6.08 Å². The Morgan fingerprint density at radius 1 is 1.44 bits per heavy atom. The number of pyridine rings is 1. The molecule has 1 unspecified atom stereocenters. The highest BCUT2D eigenvalue weighted by atomic mass is 19.4. The highest BCUT2D eigenvalue weighted by Gasteiger charge is 2.32. The number of hydrogen-bond acceptors (Lipinski definition) is 4. The molecule has 2 atom stereocenters. The van der Waals surface area contributed by atoms with E-state index in [4.69, 9.17) is 0 Å². The van der Waals surface area contributed by atoms with Crippen LogP contribution < -0.4 is 10.9 Å². The maximum absolute atomic E-state index is 12.7. The Morgan fingerprint density at radius 2 is 2.08 bits per heavy atom. The van der Waals surface area contributed by atoms with E-state index < -0.39 is 41.3 Å². The average molecular weight is 360 g/mol. The molecule has 0 fully saturated rings. The lowest BCUT2D eigenvalue weighted by Crippen LogP contribution is -2.44. The Balaban J connectivity index is 3.14. The smallest absolute Gasteiger partial charge is 0.416 e. The summed E-state index contributed by atoms with van der Waals surface area (Å²) >= 11 is 0. The van der Waals surface area contributed by atoms with Crippen LogP contribution in [0, 0.1) is 0 Å². The second-order valence-corrected chi connectivity index (χ2v) is 5.29. The van der Waals surface area contributed by atoms with Gasteiger partial charge in [0.25, 0.3) is 5.56 Å². The van der Waals surface area contributed by atoms with Crippen molar-refractivity contribution in [3.8, 4) is 0 Å². The minimum absolute atomic E-state index is 0.133. The van der Waals surface area contributed by atoms with Crippen LogP contribution in [-0.2, 0) is 20.5 Å². The van der Waals surface area contributed by atoms with Crippen LogP contribution >= 0.6 is 0 Å². The largest absolute Gasteiger partial charge is 0.467 e. The molecule has 25 heavy (non-hydrogen) atoms. The van der Waals surface area contributed by atoms with Crippen LogP contribution in [0.25, 0.3) is 0 Å². The van der Waals surface area contributed by atoms with Crippen LogP contribution in [0.2, 0.25) is 0 Å². The molecule has 1 rings (SSSR count). The number of aromatic nitrogens is 1. The molecule has 0 saturated carbocycles.